The molecule has 1 aliphatic rings. The lowest BCUT2D eigenvalue weighted by Gasteiger charge is -2.37. The summed E-state index contributed by atoms with van der Waals surface area (Å²) in [5.74, 6) is -2.96. The van der Waals surface area contributed by atoms with Gasteiger partial charge in [-0.25, -0.2) is 18.7 Å². The van der Waals surface area contributed by atoms with E-state index < -0.39 is 29.2 Å². The van der Waals surface area contributed by atoms with Gasteiger partial charge in [-0.1, -0.05) is 6.58 Å². The number of aryl methyl sites for hydroxylation is 1. The van der Waals surface area contributed by atoms with Crippen molar-refractivity contribution in [1.82, 2.24) is 28.5 Å². The number of aromatic amines is 1. The molecule has 0 unspecified atom stereocenters. The van der Waals surface area contributed by atoms with E-state index in [-0.39, 0.29) is 5.70 Å². The fraction of sp³-hybridized carbons (Fsp3) is 0.333. The maximum Gasteiger partial charge on any atom is 0.301 e. The van der Waals surface area contributed by atoms with Crippen molar-refractivity contribution in [2.45, 2.75) is 18.9 Å². The van der Waals surface area contributed by atoms with E-state index in [4.69, 9.17) is 0 Å². The average molecular weight is 382 g/mol. The van der Waals surface area contributed by atoms with Crippen molar-refractivity contribution in [2.24, 2.45) is 0 Å². The van der Waals surface area contributed by atoms with Crippen LogP contribution in [0, 0.1) is 0 Å². The van der Waals surface area contributed by atoms with Gasteiger partial charge in [0.25, 0.3) is 5.92 Å². The number of aromatic nitrogens is 4. The zero-order chi connectivity index (χ0) is 18.5. The van der Waals surface area contributed by atoms with Gasteiger partial charge in [0, 0.05) is 30.2 Å². The van der Waals surface area contributed by atoms with Gasteiger partial charge in [-0.3, -0.25) is 4.72 Å². The molecule has 4 heterocycles. The van der Waals surface area contributed by atoms with Gasteiger partial charge in [0.1, 0.15) is 11.2 Å². The fourth-order valence-electron chi connectivity index (χ4n) is 2.93. The molecule has 0 bridgehead atoms. The molecule has 1 aliphatic heterocycles. The van der Waals surface area contributed by atoms with E-state index in [2.05, 4.69) is 26.3 Å². The maximum absolute atomic E-state index is 12.9. The van der Waals surface area contributed by atoms with Gasteiger partial charge in [0.15, 0.2) is 0 Å². The van der Waals surface area contributed by atoms with Crippen LogP contribution in [0.5, 0.6) is 0 Å². The van der Waals surface area contributed by atoms with Gasteiger partial charge in [-0.2, -0.15) is 12.7 Å². The molecule has 0 atom stereocenters. The summed E-state index contributed by atoms with van der Waals surface area (Å²) in [6.45, 7) is 2.51. The van der Waals surface area contributed by atoms with Crippen LogP contribution in [0.15, 0.2) is 37.1 Å². The minimum atomic E-state index is -3.99. The molecule has 1 saturated heterocycles. The van der Waals surface area contributed by atoms with Crippen molar-refractivity contribution in [3.63, 3.8) is 0 Å². The van der Waals surface area contributed by atoms with Crippen LogP contribution in [-0.2, 0) is 16.8 Å². The molecule has 0 spiro atoms. The van der Waals surface area contributed by atoms with Gasteiger partial charge in [0.05, 0.1) is 31.1 Å². The summed E-state index contributed by atoms with van der Waals surface area (Å²) in [7, 11) is -3.99. The van der Waals surface area contributed by atoms with Crippen LogP contribution < -0.4 is 4.72 Å². The number of nitrogens with zero attached hydrogens (tertiary/aromatic N) is 4. The predicted molar refractivity (Wildman–Crippen MR) is 91.7 cm³/mol. The normalized spacial score (nSPS) is 17.5. The molecule has 0 amide bonds. The summed E-state index contributed by atoms with van der Waals surface area (Å²) < 4.78 is 54.6. The topological polar surface area (TPSA) is 95.9 Å². The van der Waals surface area contributed by atoms with Gasteiger partial charge < -0.3 is 9.55 Å². The quantitative estimate of drug-likeness (QED) is 0.677. The highest BCUT2D eigenvalue weighted by molar-refractivity contribution is 7.87. The number of fused-ring (bicyclic) bond motifs is 3. The standard InChI is InChI=1S/C15H16F2N6O2S/c1-10(21-26(24,25)23-7-15(16,17)8-23)3-5-22-9-20-12-6-19-14-11(13(12)22)2-4-18-14/h2,4,6,9,21H,1,3,5,7-8H2,(H,18,19). The number of H-pyrrole nitrogens is 1. The number of nitrogens with one attached hydrogen (secondary N) is 2. The Hall–Kier alpha value is -2.53. The van der Waals surface area contributed by atoms with Gasteiger partial charge in [-0.05, 0) is 6.07 Å². The minimum Gasteiger partial charge on any atom is -0.346 e. The SMILES string of the molecule is C=C(CCn1cnc2cnc3[nH]ccc3c21)NS(=O)(=O)N1CC(F)(F)C1. The summed E-state index contributed by atoms with van der Waals surface area (Å²) >= 11 is 0. The van der Waals surface area contributed by atoms with Crippen LogP contribution in [0.4, 0.5) is 8.78 Å². The Balaban J connectivity index is 1.45. The van der Waals surface area contributed by atoms with Crippen LogP contribution in [0.25, 0.3) is 22.1 Å². The third kappa shape index (κ3) is 2.92. The molecule has 2 N–H and O–H groups in total. The highest BCUT2D eigenvalue weighted by Crippen LogP contribution is 2.29. The summed E-state index contributed by atoms with van der Waals surface area (Å²) in [6, 6.07) is 1.89. The number of imidazole rings is 1. The first-order valence-corrected chi connectivity index (χ1v) is 9.30. The molecule has 0 saturated carbocycles. The van der Waals surface area contributed by atoms with Crippen LogP contribution in [-0.4, -0.2) is 51.3 Å². The Labute approximate surface area is 147 Å². The van der Waals surface area contributed by atoms with Crippen LogP contribution >= 0.6 is 0 Å². The lowest BCUT2D eigenvalue weighted by atomic mass is 10.2. The zero-order valence-corrected chi connectivity index (χ0v) is 14.4. The number of halogens is 2. The second-order valence-corrected chi connectivity index (χ2v) is 7.93. The maximum atomic E-state index is 12.9. The van der Waals surface area contributed by atoms with Crippen molar-refractivity contribution < 1.29 is 17.2 Å². The molecule has 11 heteroatoms. The van der Waals surface area contributed by atoms with E-state index in [1.165, 1.54) is 0 Å². The smallest absolute Gasteiger partial charge is 0.301 e. The van der Waals surface area contributed by atoms with Crippen molar-refractivity contribution in [2.75, 3.05) is 13.1 Å². The highest BCUT2D eigenvalue weighted by atomic mass is 32.2. The monoisotopic (exact) mass is 382 g/mol. The number of pyridine rings is 1. The second-order valence-electron chi connectivity index (χ2n) is 6.25. The molecule has 0 aliphatic carbocycles. The minimum absolute atomic E-state index is 0.224. The van der Waals surface area contributed by atoms with E-state index in [9.17, 15) is 17.2 Å². The molecule has 4 rings (SSSR count). The first-order chi connectivity index (χ1) is 12.3. The van der Waals surface area contributed by atoms with Crippen molar-refractivity contribution in [3.8, 4) is 0 Å². The summed E-state index contributed by atoms with van der Waals surface area (Å²) in [5, 5.41) is 0.911. The third-order valence-electron chi connectivity index (χ3n) is 4.25. The summed E-state index contributed by atoms with van der Waals surface area (Å²) in [5.41, 5.74) is 2.57. The summed E-state index contributed by atoms with van der Waals surface area (Å²) in [6.07, 6.45) is 5.39. The average Bonchev–Trinajstić information content (AvgIpc) is 3.15. The second kappa shape index (κ2) is 5.74. The first-order valence-electron chi connectivity index (χ1n) is 7.86. The van der Waals surface area contributed by atoms with Crippen molar-refractivity contribution in [3.05, 3.63) is 37.1 Å². The van der Waals surface area contributed by atoms with Crippen LogP contribution in [0.3, 0.4) is 0 Å². The number of rotatable bonds is 6. The molecule has 8 nitrogen and oxygen atoms in total. The zero-order valence-electron chi connectivity index (χ0n) is 13.6. The number of allylic oxidation sites excluding steroid dienone is 1. The number of hydrogen-bond acceptors (Lipinski definition) is 4. The Morgan fingerprint density at radius 1 is 1.38 bits per heavy atom. The van der Waals surface area contributed by atoms with E-state index in [0.29, 0.717) is 17.3 Å². The molecule has 26 heavy (non-hydrogen) atoms. The van der Waals surface area contributed by atoms with Gasteiger partial charge in [0.2, 0.25) is 0 Å². The van der Waals surface area contributed by atoms with Crippen LogP contribution in [0.2, 0.25) is 0 Å². The largest absolute Gasteiger partial charge is 0.346 e. The Kier molecular flexibility index (Phi) is 3.74. The van der Waals surface area contributed by atoms with E-state index in [0.717, 1.165) is 22.1 Å². The highest BCUT2D eigenvalue weighted by Gasteiger charge is 2.49. The van der Waals surface area contributed by atoms with E-state index in [1.54, 1.807) is 18.7 Å². The lowest BCUT2D eigenvalue weighted by molar-refractivity contribution is -0.0948. The Morgan fingerprint density at radius 2 is 2.15 bits per heavy atom. The van der Waals surface area contributed by atoms with E-state index in [1.807, 2.05) is 10.6 Å². The molecule has 3 aromatic rings. The molecular weight excluding hydrogens is 366 g/mol. The predicted octanol–water partition coefficient (Wildman–Crippen LogP) is 1.60. The number of hydrogen-bond donors (Lipinski definition) is 2. The molecule has 0 aromatic carbocycles. The molecular formula is C15H16F2N6O2S. The van der Waals surface area contributed by atoms with E-state index >= 15 is 0 Å². The van der Waals surface area contributed by atoms with Crippen LogP contribution in [0.1, 0.15) is 6.42 Å². The molecule has 0 radical (unpaired) electrons. The number of alkyl halides is 2. The first kappa shape index (κ1) is 16.9. The fourth-order valence-corrected chi connectivity index (χ4v) is 4.25. The van der Waals surface area contributed by atoms with Crippen molar-refractivity contribution >= 4 is 32.3 Å². The third-order valence-corrected chi connectivity index (χ3v) is 5.73. The van der Waals surface area contributed by atoms with Gasteiger partial charge in [-0.15, -0.1) is 0 Å². The lowest BCUT2D eigenvalue weighted by Crippen LogP contribution is -2.60. The Morgan fingerprint density at radius 3 is 2.88 bits per heavy atom. The Bertz CT molecular complexity index is 1100. The summed E-state index contributed by atoms with van der Waals surface area (Å²) in [4.78, 5) is 11.6. The molecule has 1 fully saturated rings. The molecule has 138 valence electrons. The van der Waals surface area contributed by atoms with Crippen molar-refractivity contribution in [1.29, 1.82) is 0 Å². The molecule has 3 aromatic heterocycles. The van der Waals surface area contributed by atoms with Gasteiger partial charge >= 0.3 is 10.2 Å².